The Morgan fingerprint density at radius 1 is 1.38 bits per heavy atom. The number of primary amides is 1. The molecule has 0 spiro atoms. The molecule has 1 unspecified atom stereocenters. The fraction of sp³-hybridized carbons (Fsp3) is 0.333. The third kappa shape index (κ3) is 5.66. The fourth-order valence-corrected chi connectivity index (χ4v) is 1.79. The van der Waals surface area contributed by atoms with Gasteiger partial charge in [0.05, 0.1) is 12.5 Å². The van der Waals surface area contributed by atoms with E-state index in [1.165, 1.54) is 4.90 Å². The topological polar surface area (TPSA) is 98.7 Å². The van der Waals surface area contributed by atoms with Crippen molar-refractivity contribution in [1.82, 2.24) is 4.90 Å². The zero-order chi connectivity index (χ0) is 15.8. The van der Waals surface area contributed by atoms with E-state index in [2.05, 4.69) is 6.58 Å². The predicted molar refractivity (Wildman–Crippen MR) is 80.4 cm³/mol. The number of nitrogens with two attached hydrogens (primary N) is 2. The lowest BCUT2D eigenvalue weighted by atomic mass is 10.1. The van der Waals surface area contributed by atoms with E-state index in [0.29, 0.717) is 13.2 Å². The Kier molecular flexibility index (Phi) is 6.42. The summed E-state index contributed by atoms with van der Waals surface area (Å²) < 4.78 is 5.37. The molecule has 114 valence electrons. The molecule has 0 radical (unpaired) electrons. The number of hydrogen-bond donors (Lipinski definition) is 2. The second kappa shape index (κ2) is 8.06. The summed E-state index contributed by atoms with van der Waals surface area (Å²) in [4.78, 5) is 24.2. The van der Waals surface area contributed by atoms with Crippen LogP contribution in [0.3, 0.4) is 0 Å². The van der Waals surface area contributed by atoms with Gasteiger partial charge >= 0.3 is 0 Å². The lowest BCUT2D eigenvalue weighted by molar-refractivity contribution is -0.133. The normalized spacial score (nSPS) is 11.5. The summed E-state index contributed by atoms with van der Waals surface area (Å²) >= 11 is 0. The van der Waals surface area contributed by atoms with Crippen molar-refractivity contribution < 1.29 is 14.3 Å². The molecule has 1 aromatic rings. The highest BCUT2D eigenvalue weighted by Gasteiger charge is 2.19. The molecular weight excluding hydrogens is 270 g/mol. The molecule has 0 saturated heterocycles. The minimum absolute atomic E-state index is 0.155. The molecule has 0 fully saturated rings. The average molecular weight is 291 g/mol. The number of benzene rings is 1. The molecule has 2 amide bonds. The van der Waals surface area contributed by atoms with Gasteiger partial charge in [0.15, 0.2) is 0 Å². The zero-order valence-electron chi connectivity index (χ0n) is 12.1. The molecule has 4 N–H and O–H groups in total. The molecule has 1 aromatic carbocycles. The first kappa shape index (κ1) is 16.7. The number of ether oxygens (including phenoxy) is 1. The molecule has 6 heteroatoms. The van der Waals surface area contributed by atoms with Crippen molar-refractivity contribution in [3.05, 3.63) is 42.5 Å². The van der Waals surface area contributed by atoms with E-state index in [9.17, 15) is 9.59 Å². The van der Waals surface area contributed by atoms with Crippen LogP contribution >= 0.6 is 0 Å². The molecule has 0 heterocycles. The van der Waals surface area contributed by atoms with Crippen LogP contribution in [0, 0.1) is 0 Å². The van der Waals surface area contributed by atoms with Gasteiger partial charge in [-0.25, -0.2) is 0 Å². The predicted octanol–water partition coefficient (Wildman–Crippen LogP) is 0.413. The first-order valence-corrected chi connectivity index (χ1v) is 6.55. The number of likely N-dealkylation sites (N-methyl/N-ethyl adjacent to an activating group) is 1. The summed E-state index contributed by atoms with van der Waals surface area (Å²) in [6, 6.07) is 6.47. The van der Waals surface area contributed by atoms with Crippen molar-refractivity contribution in [2.75, 3.05) is 13.7 Å². The maximum absolute atomic E-state index is 11.9. The number of rotatable bonds is 8. The van der Waals surface area contributed by atoms with Gasteiger partial charge in [0.2, 0.25) is 11.8 Å². The monoisotopic (exact) mass is 291 g/mol. The van der Waals surface area contributed by atoms with Gasteiger partial charge in [-0.3, -0.25) is 9.59 Å². The van der Waals surface area contributed by atoms with Gasteiger partial charge in [-0.1, -0.05) is 24.8 Å². The van der Waals surface area contributed by atoms with Crippen LogP contribution in [0.4, 0.5) is 0 Å². The maximum atomic E-state index is 11.9. The lowest BCUT2D eigenvalue weighted by Gasteiger charge is -2.20. The van der Waals surface area contributed by atoms with E-state index in [-0.39, 0.29) is 12.3 Å². The van der Waals surface area contributed by atoms with Crippen LogP contribution in [-0.4, -0.2) is 36.4 Å². The van der Waals surface area contributed by atoms with Gasteiger partial charge in [0.25, 0.3) is 0 Å². The summed E-state index contributed by atoms with van der Waals surface area (Å²) in [5.74, 6) is -0.174. The highest BCUT2D eigenvalue weighted by atomic mass is 16.5. The number of amides is 2. The van der Waals surface area contributed by atoms with E-state index in [0.717, 1.165) is 11.3 Å². The Labute approximate surface area is 124 Å². The number of nitrogens with zero attached hydrogens (tertiary/aromatic N) is 1. The van der Waals surface area contributed by atoms with E-state index in [4.69, 9.17) is 16.2 Å². The maximum Gasteiger partial charge on any atom is 0.240 e. The lowest BCUT2D eigenvalue weighted by Crippen LogP contribution is -2.43. The Bertz CT molecular complexity index is 499. The van der Waals surface area contributed by atoms with E-state index in [1.807, 2.05) is 24.3 Å². The van der Waals surface area contributed by atoms with E-state index >= 15 is 0 Å². The number of hydrogen-bond acceptors (Lipinski definition) is 4. The van der Waals surface area contributed by atoms with Crippen LogP contribution < -0.4 is 16.2 Å². The first-order valence-electron chi connectivity index (χ1n) is 6.55. The van der Waals surface area contributed by atoms with Crippen molar-refractivity contribution in [1.29, 1.82) is 0 Å². The van der Waals surface area contributed by atoms with Gasteiger partial charge in [-0.05, 0) is 17.7 Å². The third-order valence-electron chi connectivity index (χ3n) is 2.83. The second-order valence-electron chi connectivity index (χ2n) is 4.71. The summed E-state index contributed by atoms with van der Waals surface area (Å²) in [5, 5.41) is 0. The van der Waals surface area contributed by atoms with Gasteiger partial charge in [-0.2, -0.15) is 0 Å². The van der Waals surface area contributed by atoms with Crippen molar-refractivity contribution in [2.24, 2.45) is 11.5 Å². The molecule has 0 bridgehead atoms. The molecule has 1 rings (SSSR count). The smallest absolute Gasteiger partial charge is 0.240 e. The second-order valence-corrected chi connectivity index (χ2v) is 4.71. The molecular formula is C15H21N3O3. The molecule has 0 saturated carbocycles. The molecule has 0 aromatic heterocycles. The minimum Gasteiger partial charge on any atom is -0.490 e. The highest BCUT2D eigenvalue weighted by Crippen LogP contribution is 2.13. The van der Waals surface area contributed by atoms with Crippen molar-refractivity contribution in [2.45, 2.75) is 19.0 Å². The standard InChI is InChI=1S/C15H21N3O3/c1-3-8-21-12-6-4-11(5-7-12)10-18(2)15(20)13(16)9-14(17)19/h3-7,13H,1,8-10,16H2,2H3,(H2,17,19). The molecule has 0 aliphatic carbocycles. The van der Waals surface area contributed by atoms with E-state index in [1.54, 1.807) is 13.1 Å². The van der Waals surface area contributed by atoms with Crippen LogP contribution in [0.5, 0.6) is 5.75 Å². The summed E-state index contributed by atoms with van der Waals surface area (Å²) in [6.45, 7) is 4.42. The van der Waals surface area contributed by atoms with Crippen LogP contribution in [0.2, 0.25) is 0 Å². The molecule has 1 atom stereocenters. The zero-order valence-corrected chi connectivity index (χ0v) is 12.1. The van der Waals surface area contributed by atoms with Gasteiger partial charge in [0, 0.05) is 13.6 Å². The summed E-state index contributed by atoms with van der Waals surface area (Å²) in [5.41, 5.74) is 11.6. The summed E-state index contributed by atoms with van der Waals surface area (Å²) in [7, 11) is 1.63. The van der Waals surface area contributed by atoms with E-state index < -0.39 is 11.9 Å². The van der Waals surface area contributed by atoms with Crippen LogP contribution in [-0.2, 0) is 16.1 Å². The Balaban J connectivity index is 2.57. The van der Waals surface area contributed by atoms with Crippen LogP contribution in [0.1, 0.15) is 12.0 Å². The fourth-order valence-electron chi connectivity index (χ4n) is 1.79. The van der Waals surface area contributed by atoms with Crippen LogP contribution in [0.25, 0.3) is 0 Å². The Morgan fingerprint density at radius 3 is 2.52 bits per heavy atom. The molecule has 0 aliphatic heterocycles. The first-order chi connectivity index (χ1) is 9.93. The quantitative estimate of drug-likeness (QED) is 0.678. The van der Waals surface area contributed by atoms with Crippen molar-refractivity contribution in [3.8, 4) is 5.75 Å². The Morgan fingerprint density at radius 2 is 2.00 bits per heavy atom. The Hall–Kier alpha value is -2.34. The largest absolute Gasteiger partial charge is 0.490 e. The molecule has 0 aliphatic rings. The minimum atomic E-state index is -0.900. The molecule has 21 heavy (non-hydrogen) atoms. The molecule has 6 nitrogen and oxygen atoms in total. The SMILES string of the molecule is C=CCOc1ccc(CN(C)C(=O)C(N)CC(N)=O)cc1. The van der Waals surface area contributed by atoms with Crippen LogP contribution in [0.15, 0.2) is 36.9 Å². The van der Waals surface area contributed by atoms with Crippen molar-refractivity contribution in [3.63, 3.8) is 0 Å². The van der Waals surface area contributed by atoms with Gasteiger partial charge < -0.3 is 21.1 Å². The number of carbonyl (C=O) groups is 2. The third-order valence-corrected chi connectivity index (χ3v) is 2.83. The van der Waals surface area contributed by atoms with Crippen molar-refractivity contribution >= 4 is 11.8 Å². The summed E-state index contributed by atoms with van der Waals surface area (Å²) in [6.07, 6.45) is 1.51. The average Bonchev–Trinajstić information content (AvgIpc) is 2.45. The number of carbonyl (C=O) groups excluding carboxylic acids is 2. The highest BCUT2D eigenvalue weighted by molar-refractivity contribution is 5.87. The van der Waals surface area contributed by atoms with Gasteiger partial charge in [0.1, 0.15) is 12.4 Å². The van der Waals surface area contributed by atoms with Gasteiger partial charge in [-0.15, -0.1) is 0 Å².